The molecule has 5 nitrogen and oxygen atoms in total. The number of carbonyl (C=O) groups excluding carboxylic acids is 3. The van der Waals surface area contributed by atoms with Crippen molar-refractivity contribution in [2.75, 3.05) is 13.6 Å². The molecule has 1 fully saturated rings. The number of likely N-dealkylation sites (tertiary alicyclic amines) is 1. The maximum atomic E-state index is 12.7. The van der Waals surface area contributed by atoms with E-state index in [1.165, 1.54) is 4.90 Å². The van der Waals surface area contributed by atoms with Gasteiger partial charge in [-0.25, -0.2) is 0 Å². The maximum Gasteiger partial charge on any atom is 0.290 e. The largest absolute Gasteiger partial charge is 0.355 e. The van der Waals surface area contributed by atoms with Gasteiger partial charge in [-0.1, -0.05) is 59.6 Å². The molecule has 0 radical (unpaired) electrons. The number of hydrogen-bond donors (Lipinski definition) is 1. The van der Waals surface area contributed by atoms with Crippen LogP contribution >= 0.6 is 23.2 Å². The van der Waals surface area contributed by atoms with Gasteiger partial charge in [0.05, 0.1) is 16.1 Å². The van der Waals surface area contributed by atoms with Crippen LogP contribution in [0.1, 0.15) is 17.5 Å². The highest BCUT2D eigenvalue weighted by Crippen LogP contribution is 2.25. The van der Waals surface area contributed by atoms with Gasteiger partial charge in [0.1, 0.15) is 5.92 Å². The average Bonchev–Trinajstić information content (AvgIpc) is 2.92. The lowest BCUT2D eigenvalue weighted by Gasteiger charge is -2.23. The Balaban J connectivity index is 1.59. The van der Waals surface area contributed by atoms with Crippen LogP contribution in [0.3, 0.4) is 0 Å². The molecule has 0 saturated carbocycles. The van der Waals surface area contributed by atoms with Crippen molar-refractivity contribution < 1.29 is 14.4 Å². The molecule has 1 aliphatic rings. The van der Waals surface area contributed by atoms with Crippen molar-refractivity contribution in [1.29, 1.82) is 0 Å². The second-order valence-electron chi connectivity index (χ2n) is 7.16. The summed E-state index contributed by atoms with van der Waals surface area (Å²) in [6.45, 7) is 0.402. The van der Waals surface area contributed by atoms with Gasteiger partial charge in [0.2, 0.25) is 11.7 Å². The second kappa shape index (κ2) is 9.42. The van der Waals surface area contributed by atoms with Crippen molar-refractivity contribution in [1.82, 2.24) is 10.2 Å². The Bertz CT molecular complexity index is 918. The Kier molecular flexibility index (Phi) is 6.93. The van der Waals surface area contributed by atoms with Crippen LogP contribution in [0.4, 0.5) is 0 Å². The fourth-order valence-electron chi connectivity index (χ4n) is 3.57. The van der Waals surface area contributed by atoms with Crippen LogP contribution in [-0.4, -0.2) is 42.1 Å². The summed E-state index contributed by atoms with van der Waals surface area (Å²) in [5.41, 5.74) is 1.99. The Morgan fingerprint density at radius 1 is 1.03 bits per heavy atom. The molecule has 0 aromatic heterocycles. The van der Waals surface area contributed by atoms with Gasteiger partial charge < -0.3 is 10.2 Å². The average molecular weight is 433 g/mol. The molecule has 2 aromatic rings. The standard InChI is InChI=1S/C22H22Cl2N2O3/c1-26-18(13-14-6-3-2-4-7-14)19(20(27)22(26)29)21(28)25-11-5-8-15-9-10-16(23)17(24)12-15/h2-4,6-7,9-10,12,18-19H,5,8,11,13H2,1H3,(H,25,28). The molecule has 1 aliphatic heterocycles. The second-order valence-corrected chi connectivity index (χ2v) is 7.97. The van der Waals surface area contributed by atoms with E-state index in [0.717, 1.165) is 11.1 Å². The van der Waals surface area contributed by atoms with E-state index < -0.39 is 29.6 Å². The van der Waals surface area contributed by atoms with Crippen LogP contribution in [0.2, 0.25) is 10.0 Å². The zero-order valence-electron chi connectivity index (χ0n) is 16.0. The SMILES string of the molecule is CN1C(=O)C(=O)C(C(=O)NCCCc2ccc(Cl)c(Cl)c2)C1Cc1ccccc1. The molecule has 29 heavy (non-hydrogen) atoms. The summed E-state index contributed by atoms with van der Waals surface area (Å²) < 4.78 is 0. The third kappa shape index (κ3) is 4.98. The molecule has 0 bridgehead atoms. The number of amides is 2. The van der Waals surface area contributed by atoms with Crippen LogP contribution in [0.25, 0.3) is 0 Å². The molecule has 2 atom stereocenters. The van der Waals surface area contributed by atoms with Crippen LogP contribution in [0, 0.1) is 5.92 Å². The smallest absolute Gasteiger partial charge is 0.290 e. The fraction of sp³-hybridized carbons (Fsp3) is 0.318. The molecule has 2 amide bonds. The molecular formula is C22H22Cl2N2O3. The van der Waals surface area contributed by atoms with Crippen molar-refractivity contribution in [2.24, 2.45) is 5.92 Å². The van der Waals surface area contributed by atoms with Gasteiger partial charge in [0.15, 0.2) is 0 Å². The third-order valence-corrected chi connectivity index (χ3v) is 5.93. The van der Waals surface area contributed by atoms with Crippen LogP contribution < -0.4 is 5.32 Å². The first-order valence-electron chi connectivity index (χ1n) is 9.45. The summed E-state index contributed by atoms with van der Waals surface area (Å²) in [6.07, 6.45) is 1.84. The number of ketones is 1. The van der Waals surface area contributed by atoms with E-state index in [1.54, 1.807) is 19.2 Å². The maximum absolute atomic E-state index is 12.7. The van der Waals surface area contributed by atoms with E-state index in [1.807, 2.05) is 36.4 Å². The molecule has 2 aromatic carbocycles. The van der Waals surface area contributed by atoms with Crippen LogP contribution in [-0.2, 0) is 27.2 Å². The van der Waals surface area contributed by atoms with Crippen molar-refractivity contribution in [2.45, 2.75) is 25.3 Å². The summed E-state index contributed by atoms with van der Waals surface area (Å²) >= 11 is 11.9. The lowest BCUT2D eigenvalue weighted by Crippen LogP contribution is -2.42. The highest BCUT2D eigenvalue weighted by molar-refractivity contribution is 6.43. The van der Waals surface area contributed by atoms with Gasteiger partial charge in [0, 0.05) is 13.6 Å². The summed E-state index contributed by atoms with van der Waals surface area (Å²) in [7, 11) is 1.57. The van der Waals surface area contributed by atoms with Gasteiger partial charge in [0.25, 0.3) is 5.91 Å². The normalized spacial score (nSPS) is 18.9. The van der Waals surface area contributed by atoms with Crippen LogP contribution in [0.15, 0.2) is 48.5 Å². The predicted molar refractivity (Wildman–Crippen MR) is 113 cm³/mol. The predicted octanol–water partition coefficient (Wildman–Crippen LogP) is 3.31. The number of halogens is 2. The highest BCUT2D eigenvalue weighted by Gasteiger charge is 2.49. The molecule has 0 spiro atoms. The Hall–Kier alpha value is -2.37. The van der Waals surface area contributed by atoms with Crippen molar-refractivity contribution in [3.8, 4) is 0 Å². The Morgan fingerprint density at radius 3 is 2.45 bits per heavy atom. The van der Waals surface area contributed by atoms with E-state index >= 15 is 0 Å². The van der Waals surface area contributed by atoms with E-state index in [4.69, 9.17) is 23.2 Å². The molecule has 1 heterocycles. The van der Waals surface area contributed by atoms with E-state index in [9.17, 15) is 14.4 Å². The number of carbonyl (C=O) groups is 3. The highest BCUT2D eigenvalue weighted by atomic mass is 35.5. The number of rotatable bonds is 7. The Labute approximate surface area is 180 Å². The quantitative estimate of drug-likeness (QED) is 0.414. The molecule has 7 heteroatoms. The molecule has 3 rings (SSSR count). The number of aryl methyl sites for hydroxylation is 1. The molecule has 1 saturated heterocycles. The summed E-state index contributed by atoms with van der Waals surface area (Å²) in [6, 6.07) is 14.5. The first-order chi connectivity index (χ1) is 13.9. The minimum Gasteiger partial charge on any atom is -0.355 e. The van der Waals surface area contributed by atoms with Crippen molar-refractivity contribution in [3.63, 3.8) is 0 Å². The lowest BCUT2D eigenvalue weighted by atomic mass is 9.92. The number of likely N-dealkylation sites (N-methyl/N-ethyl adjacent to an activating group) is 1. The lowest BCUT2D eigenvalue weighted by molar-refractivity contribution is -0.142. The first kappa shape index (κ1) is 21.3. The zero-order valence-corrected chi connectivity index (χ0v) is 17.5. The zero-order chi connectivity index (χ0) is 21.0. The third-order valence-electron chi connectivity index (χ3n) is 5.19. The Morgan fingerprint density at radius 2 is 1.76 bits per heavy atom. The van der Waals surface area contributed by atoms with Gasteiger partial charge >= 0.3 is 0 Å². The number of Topliss-reactive ketones (excluding diaryl/α,β-unsaturated/α-hetero) is 1. The molecule has 1 N–H and O–H groups in total. The summed E-state index contributed by atoms with van der Waals surface area (Å²) in [5.74, 6) is -2.64. The number of nitrogens with one attached hydrogen (secondary N) is 1. The minimum absolute atomic E-state index is 0.400. The fourth-order valence-corrected chi connectivity index (χ4v) is 3.89. The molecular weight excluding hydrogens is 411 g/mol. The molecule has 0 aliphatic carbocycles. The van der Waals surface area contributed by atoms with Crippen molar-refractivity contribution in [3.05, 3.63) is 69.7 Å². The number of hydrogen-bond acceptors (Lipinski definition) is 3. The molecule has 2 unspecified atom stereocenters. The number of benzene rings is 2. The topological polar surface area (TPSA) is 66.5 Å². The van der Waals surface area contributed by atoms with E-state index in [2.05, 4.69) is 5.32 Å². The monoisotopic (exact) mass is 432 g/mol. The van der Waals surface area contributed by atoms with Gasteiger partial charge in [-0.2, -0.15) is 0 Å². The number of nitrogens with zero attached hydrogens (tertiary/aromatic N) is 1. The minimum atomic E-state index is -0.988. The van der Waals surface area contributed by atoms with Crippen LogP contribution in [0.5, 0.6) is 0 Å². The summed E-state index contributed by atoms with van der Waals surface area (Å²) in [5, 5.41) is 3.81. The van der Waals surface area contributed by atoms with Gasteiger partial charge in [-0.15, -0.1) is 0 Å². The van der Waals surface area contributed by atoms with Crippen molar-refractivity contribution >= 4 is 40.8 Å². The van der Waals surface area contributed by atoms with Gasteiger partial charge in [-0.3, -0.25) is 14.4 Å². The van der Waals surface area contributed by atoms with Gasteiger partial charge in [-0.05, 0) is 42.5 Å². The first-order valence-corrected chi connectivity index (χ1v) is 10.2. The van der Waals surface area contributed by atoms with E-state index in [-0.39, 0.29) is 0 Å². The summed E-state index contributed by atoms with van der Waals surface area (Å²) in [4.78, 5) is 38.7. The van der Waals surface area contributed by atoms with E-state index in [0.29, 0.717) is 35.9 Å². The molecule has 152 valence electrons.